The van der Waals surface area contributed by atoms with Crippen molar-refractivity contribution < 1.29 is 23.0 Å². The number of nitrogens with zero attached hydrogens (tertiary/aromatic N) is 1. The van der Waals surface area contributed by atoms with Crippen LogP contribution in [0.2, 0.25) is 0 Å². The molecule has 4 nitrogen and oxygen atoms in total. The van der Waals surface area contributed by atoms with Gasteiger partial charge in [-0.3, -0.25) is 4.90 Å². The minimum absolute atomic E-state index is 0. The molecule has 0 aromatic heterocycles. The smallest absolute Gasteiger partial charge is 0.389 e. The lowest BCUT2D eigenvalue weighted by Crippen LogP contribution is -2.45. The summed E-state index contributed by atoms with van der Waals surface area (Å²) in [5.41, 5.74) is 0.491. The van der Waals surface area contributed by atoms with Crippen LogP contribution in [0, 0.1) is 0 Å². The Morgan fingerprint density at radius 1 is 1.30 bits per heavy atom. The van der Waals surface area contributed by atoms with Crippen LogP contribution >= 0.6 is 12.4 Å². The third-order valence-corrected chi connectivity index (χ3v) is 3.89. The Kier molecular flexibility index (Phi) is 7.44. The van der Waals surface area contributed by atoms with E-state index in [-0.39, 0.29) is 24.6 Å². The van der Waals surface area contributed by atoms with E-state index in [4.69, 9.17) is 4.74 Å². The van der Waals surface area contributed by atoms with Gasteiger partial charge < -0.3 is 15.2 Å². The molecule has 0 saturated carbocycles. The fraction of sp³-hybridized carbons (Fsp3) is 0.600. The minimum atomic E-state index is -4.21. The van der Waals surface area contributed by atoms with Gasteiger partial charge in [0.1, 0.15) is 11.5 Å². The number of phenolic OH excluding ortho intramolecular Hbond substituents is 1. The second-order valence-corrected chi connectivity index (χ2v) is 5.38. The molecule has 1 fully saturated rings. The van der Waals surface area contributed by atoms with Crippen LogP contribution in [0.25, 0.3) is 0 Å². The van der Waals surface area contributed by atoms with E-state index in [1.807, 2.05) is 4.90 Å². The highest BCUT2D eigenvalue weighted by molar-refractivity contribution is 5.85. The van der Waals surface area contributed by atoms with Gasteiger partial charge in [-0.2, -0.15) is 13.2 Å². The fourth-order valence-electron chi connectivity index (χ4n) is 2.76. The SMILES string of the molecule is COc1ccc(O)c([C@H](CCC(F)(F)F)N2CCNCC2)c1.Cl. The number of hydrogen-bond donors (Lipinski definition) is 2. The zero-order chi connectivity index (χ0) is 16.2. The number of phenols is 1. The molecule has 1 aliphatic heterocycles. The second-order valence-electron chi connectivity index (χ2n) is 5.38. The van der Waals surface area contributed by atoms with Gasteiger partial charge in [-0.25, -0.2) is 0 Å². The maximum absolute atomic E-state index is 12.6. The van der Waals surface area contributed by atoms with E-state index in [1.54, 1.807) is 12.1 Å². The summed E-state index contributed by atoms with van der Waals surface area (Å²) in [5.74, 6) is 0.534. The van der Waals surface area contributed by atoms with E-state index in [2.05, 4.69) is 5.32 Å². The minimum Gasteiger partial charge on any atom is -0.508 e. The van der Waals surface area contributed by atoms with E-state index >= 15 is 0 Å². The van der Waals surface area contributed by atoms with Crippen molar-refractivity contribution in [3.63, 3.8) is 0 Å². The number of ether oxygens (including phenoxy) is 1. The molecule has 1 aliphatic rings. The summed E-state index contributed by atoms with van der Waals surface area (Å²) >= 11 is 0. The Morgan fingerprint density at radius 2 is 1.96 bits per heavy atom. The number of nitrogens with one attached hydrogen (secondary N) is 1. The first-order valence-electron chi connectivity index (χ1n) is 7.29. The molecular formula is C15H22ClF3N2O2. The van der Waals surface area contributed by atoms with Crippen molar-refractivity contribution in [1.82, 2.24) is 10.2 Å². The van der Waals surface area contributed by atoms with Crippen molar-refractivity contribution in [2.24, 2.45) is 0 Å². The lowest BCUT2D eigenvalue weighted by Gasteiger charge is -2.35. The summed E-state index contributed by atoms with van der Waals surface area (Å²) in [6.07, 6.45) is -5.16. The summed E-state index contributed by atoms with van der Waals surface area (Å²) in [5, 5.41) is 13.3. The third-order valence-electron chi connectivity index (χ3n) is 3.89. The van der Waals surface area contributed by atoms with Crippen molar-refractivity contribution in [2.75, 3.05) is 33.3 Å². The molecule has 132 valence electrons. The van der Waals surface area contributed by atoms with Crippen LogP contribution in [0.1, 0.15) is 24.4 Å². The Hall–Kier alpha value is -1.18. The molecule has 23 heavy (non-hydrogen) atoms. The zero-order valence-electron chi connectivity index (χ0n) is 12.9. The predicted octanol–water partition coefficient (Wildman–Crippen LogP) is 3.11. The number of alkyl halides is 3. The van der Waals surface area contributed by atoms with Crippen LogP contribution in [-0.2, 0) is 0 Å². The van der Waals surface area contributed by atoms with E-state index < -0.39 is 18.6 Å². The highest BCUT2D eigenvalue weighted by atomic mass is 35.5. The highest BCUT2D eigenvalue weighted by Crippen LogP contribution is 2.37. The van der Waals surface area contributed by atoms with Gasteiger partial charge in [0.2, 0.25) is 0 Å². The molecule has 8 heteroatoms. The lowest BCUT2D eigenvalue weighted by molar-refractivity contribution is -0.138. The average Bonchev–Trinajstić information content (AvgIpc) is 2.49. The van der Waals surface area contributed by atoms with E-state index in [0.29, 0.717) is 24.4 Å². The molecule has 1 saturated heterocycles. The molecule has 0 radical (unpaired) electrons. The summed E-state index contributed by atoms with van der Waals surface area (Å²) in [6, 6.07) is 4.21. The van der Waals surface area contributed by atoms with Crippen LogP contribution in [0.3, 0.4) is 0 Å². The first-order valence-corrected chi connectivity index (χ1v) is 7.29. The van der Waals surface area contributed by atoms with Crippen molar-refractivity contribution >= 4 is 12.4 Å². The zero-order valence-corrected chi connectivity index (χ0v) is 13.7. The Balaban J connectivity index is 0.00000264. The number of hydrogen-bond acceptors (Lipinski definition) is 4. The highest BCUT2D eigenvalue weighted by Gasteiger charge is 2.32. The molecule has 1 atom stereocenters. The van der Waals surface area contributed by atoms with E-state index in [1.165, 1.54) is 13.2 Å². The topological polar surface area (TPSA) is 44.7 Å². The van der Waals surface area contributed by atoms with Crippen LogP contribution in [0.5, 0.6) is 11.5 Å². The van der Waals surface area contributed by atoms with Gasteiger partial charge in [0.25, 0.3) is 0 Å². The molecule has 2 N–H and O–H groups in total. The van der Waals surface area contributed by atoms with Gasteiger partial charge in [0, 0.05) is 44.2 Å². The van der Waals surface area contributed by atoms with Gasteiger partial charge in [-0.15, -0.1) is 12.4 Å². The quantitative estimate of drug-likeness (QED) is 0.853. The predicted molar refractivity (Wildman–Crippen MR) is 84.4 cm³/mol. The number of piperazine rings is 1. The molecule has 1 heterocycles. The second kappa shape index (κ2) is 8.61. The number of rotatable bonds is 5. The van der Waals surface area contributed by atoms with Crippen molar-refractivity contribution in [1.29, 1.82) is 0 Å². The first-order chi connectivity index (χ1) is 10.4. The molecule has 0 unspecified atom stereocenters. The normalized spacial score (nSPS) is 17.4. The van der Waals surface area contributed by atoms with Crippen molar-refractivity contribution in [3.8, 4) is 11.5 Å². The Labute approximate surface area is 140 Å². The monoisotopic (exact) mass is 354 g/mol. The maximum atomic E-state index is 12.6. The maximum Gasteiger partial charge on any atom is 0.389 e. The summed E-state index contributed by atoms with van der Waals surface area (Å²) < 4.78 is 43.0. The molecular weight excluding hydrogens is 333 g/mol. The van der Waals surface area contributed by atoms with Crippen LogP contribution in [-0.4, -0.2) is 49.5 Å². The molecule has 0 bridgehead atoms. The molecule has 0 amide bonds. The van der Waals surface area contributed by atoms with Gasteiger partial charge in [0.05, 0.1) is 7.11 Å². The Morgan fingerprint density at radius 3 is 2.52 bits per heavy atom. The van der Waals surface area contributed by atoms with Crippen molar-refractivity contribution in [2.45, 2.75) is 25.1 Å². The third kappa shape index (κ3) is 5.75. The summed E-state index contributed by atoms with van der Waals surface area (Å²) in [7, 11) is 1.49. The van der Waals surface area contributed by atoms with Crippen molar-refractivity contribution in [3.05, 3.63) is 23.8 Å². The number of benzene rings is 1. The Bertz CT molecular complexity index is 494. The number of halogens is 4. The first kappa shape index (κ1) is 19.9. The molecule has 1 aromatic carbocycles. The van der Waals surface area contributed by atoms with Crippen LogP contribution in [0.15, 0.2) is 18.2 Å². The lowest BCUT2D eigenvalue weighted by atomic mass is 9.98. The van der Waals surface area contributed by atoms with E-state index in [0.717, 1.165) is 13.1 Å². The van der Waals surface area contributed by atoms with Crippen LogP contribution < -0.4 is 10.1 Å². The molecule has 1 aromatic rings. The molecule has 2 rings (SSSR count). The fourth-order valence-corrected chi connectivity index (χ4v) is 2.76. The van der Waals surface area contributed by atoms with Gasteiger partial charge in [-0.05, 0) is 24.6 Å². The largest absolute Gasteiger partial charge is 0.508 e. The van der Waals surface area contributed by atoms with E-state index in [9.17, 15) is 18.3 Å². The molecule has 0 aliphatic carbocycles. The van der Waals surface area contributed by atoms with Gasteiger partial charge in [0.15, 0.2) is 0 Å². The number of aromatic hydroxyl groups is 1. The standard InChI is InChI=1S/C15H21F3N2O2.ClH/c1-22-11-2-3-14(21)12(10-11)13(4-5-15(16,17)18)20-8-6-19-7-9-20;/h2-3,10,13,19,21H,4-9H2,1H3;1H/t13-;/m0./s1. The summed E-state index contributed by atoms with van der Waals surface area (Å²) in [6.45, 7) is 2.76. The molecule has 0 spiro atoms. The van der Waals surface area contributed by atoms with Crippen LogP contribution in [0.4, 0.5) is 13.2 Å². The number of methoxy groups -OCH3 is 1. The average molecular weight is 355 g/mol. The van der Waals surface area contributed by atoms with Gasteiger partial charge >= 0.3 is 6.18 Å². The summed E-state index contributed by atoms with van der Waals surface area (Å²) in [4.78, 5) is 1.98. The van der Waals surface area contributed by atoms with Gasteiger partial charge in [-0.1, -0.05) is 0 Å².